The first-order valence-electron chi connectivity index (χ1n) is 3.91. The number of methoxy groups -OCH3 is 1. The minimum Gasteiger partial charge on any atom is -0.465 e. The van der Waals surface area contributed by atoms with Crippen LogP contribution in [0, 0.1) is 11.3 Å². The average Bonchev–Trinajstić information content (AvgIpc) is 2.26. The van der Waals surface area contributed by atoms with Crippen molar-refractivity contribution in [3.05, 3.63) is 33.8 Å². The first-order chi connectivity index (χ1) is 7.13. The molecule has 0 aliphatic heterocycles. The number of nitrogens with zero attached hydrogens (tertiary/aromatic N) is 1. The van der Waals surface area contributed by atoms with Crippen molar-refractivity contribution >= 4 is 23.9 Å². The molecule has 4 nitrogen and oxygen atoms in total. The zero-order valence-corrected chi connectivity index (χ0v) is 8.54. The van der Waals surface area contributed by atoms with Gasteiger partial charge in [-0.15, -0.1) is 0 Å². The average molecular weight is 224 g/mol. The summed E-state index contributed by atoms with van der Waals surface area (Å²) in [5.74, 6) is -0.698. The van der Waals surface area contributed by atoms with Gasteiger partial charge in [0.05, 0.1) is 24.3 Å². The van der Waals surface area contributed by atoms with Crippen LogP contribution in [-0.2, 0) is 4.74 Å². The van der Waals surface area contributed by atoms with E-state index >= 15 is 0 Å². The second kappa shape index (κ2) is 4.58. The van der Waals surface area contributed by atoms with E-state index in [9.17, 15) is 9.59 Å². The fraction of sp³-hybridized carbons (Fsp3) is 0.100. The van der Waals surface area contributed by atoms with Crippen molar-refractivity contribution in [2.75, 3.05) is 7.11 Å². The highest BCUT2D eigenvalue weighted by Crippen LogP contribution is 2.20. The minimum absolute atomic E-state index is 0.00319. The standard InChI is InChI=1S/C10H6ClNO3/c1-15-10(14)8-3-7(11)2-6(4-12)9(8)5-13/h2-3,5H,1H3. The van der Waals surface area contributed by atoms with Gasteiger partial charge < -0.3 is 4.74 Å². The largest absolute Gasteiger partial charge is 0.465 e. The Hall–Kier alpha value is -1.86. The number of halogens is 1. The molecule has 0 aromatic heterocycles. The molecule has 0 bridgehead atoms. The Kier molecular flexibility index (Phi) is 3.42. The SMILES string of the molecule is COC(=O)c1cc(Cl)cc(C#N)c1C=O. The number of hydrogen-bond acceptors (Lipinski definition) is 4. The van der Waals surface area contributed by atoms with Gasteiger partial charge in [-0.2, -0.15) is 5.26 Å². The summed E-state index contributed by atoms with van der Waals surface area (Å²) in [6, 6.07) is 4.39. The van der Waals surface area contributed by atoms with E-state index in [0.717, 1.165) is 0 Å². The number of rotatable bonds is 2. The lowest BCUT2D eigenvalue weighted by atomic mass is 10.0. The van der Waals surface area contributed by atoms with Crippen molar-refractivity contribution in [3.8, 4) is 6.07 Å². The van der Waals surface area contributed by atoms with Crippen LogP contribution in [0.1, 0.15) is 26.3 Å². The van der Waals surface area contributed by atoms with Gasteiger partial charge in [-0.25, -0.2) is 4.79 Å². The number of hydrogen-bond donors (Lipinski definition) is 0. The second-order valence-electron chi connectivity index (χ2n) is 2.64. The quantitative estimate of drug-likeness (QED) is 0.567. The first-order valence-corrected chi connectivity index (χ1v) is 4.29. The number of nitriles is 1. The van der Waals surface area contributed by atoms with Crippen molar-refractivity contribution in [2.24, 2.45) is 0 Å². The third kappa shape index (κ3) is 2.14. The summed E-state index contributed by atoms with van der Waals surface area (Å²) in [4.78, 5) is 22.0. The Morgan fingerprint density at radius 2 is 2.27 bits per heavy atom. The van der Waals surface area contributed by atoms with Crippen LogP contribution in [0.4, 0.5) is 0 Å². The number of carbonyl (C=O) groups excluding carboxylic acids is 2. The van der Waals surface area contributed by atoms with Crippen molar-refractivity contribution in [3.63, 3.8) is 0 Å². The Balaban J connectivity index is 3.50. The van der Waals surface area contributed by atoms with Gasteiger partial charge in [-0.3, -0.25) is 4.79 Å². The van der Waals surface area contributed by atoms with E-state index in [0.29, 0.717) is 6.29 Å². The fourth-order valence-corrected chi connectivity index (χ4v) is 1.33. The summed E-state index contributed by atoms with van der Waals surface area (Å²) in [5.41, 5.74) is 0.0446. The molecule has 5 heteroatoms. The molecule has 0 heterocycles. The van der Waals surface area contributed by atoms with Crippen molar-refractivity contribution < 1.29 is 14.3 Å². The van der Waals surface area contributed by atoms with Crippen molar-refractivity contribution in [2.45, 2.75) is 0 Å². The van der Waals surface area contributed by atoms with E-state index in [1.807, 2.05) is 0 Å². The maximum absolute atomic E-state index is 11.3. The van der Waals surface area contributed by atoms with Crippen LogP contribution in [0.2, 0.25) is 5.02 Å². The van der Waals surface area contributed by atoms with Crippen LogP contribution < -0.4 is 0 Å². The van der Waals surface area contributed by atoms with E-state index in [2.05, 4.69) is 4.74 Å². The summed E-state index contributed by atoms with van der Waals surface area (Å²) in [5, 5.41) is 8.94. The van der Waals surface area contributed by atoms with Crippen molar-refractivity contribution in [1.82, 2.24) is 0 Å². The van der Waals surface area contributed by atoms with E-state index in [1.54, 1.807) is 6.07 Å². The molecule has 76 valence electrons. The predicted molar refractivity (Wildman–Crippen MR) is 52.9 cm³/mol. The van der Waals surface area contributed by atoms with Gasteiger partial charge >= 0.3 is 5.97 Å². The van der Waals surface area contributed by atoms with Gasteiger partial charge in [0.2, 0.25) is 0 Å². The summed E-state index contributed by atoms with van der Waals surface area (Å²) >= 11 is 5.68. The maximum Gasteiger partial charge on any atom is 0.338 e. The Morgan fingerprint density at radius 3 is 2.73 bits per heavy atom. The molecule has 0 unspecified atom stereocenters. The van der Waals surface area contributed by atoms with E-state index in [4.69, 9.17) is 16.9 Å². The van der Waals surface area contributed by atoms with Crippen LogP contribution >= 0.6 is 11.6 Å². The number of benzene rings is 1. The summed E-state index contributed by atoms with van der Waals surface area (Å²) in [6.45, 7) is 0. The smallest absolute Gasteiger partial charge is 0.338 e. The maximum atomic E-state index is 11.3. The third-order valence-electron chi connectivity index (χ3n) is 1.79. The molecule has 1 aromatic rings. The number of aldehydes is 1. The molecule has 0 N–H and O–H groups in total. The molecule has 1 aromatic carbocycles. The zero-order chi connectivity index (χ0) is 11.4. The monoisotopic (exact) mass is 223 g/mol. The molecule has 0 aliphatic rings. The topological polar surface area (TPSA) is 67.2 Å². The third-order valence-corrected chi connectivity index (χ3v) is 2.01. The summed E-state index contributed by atoms with van der Waals surface area (Å²) in [7, 11) is 1.18. The molecule has 0 amide bonds. The molecule has 1 rings (SSSR count). The van der Waals surface area contributed by atoms with Gasteiger partial charge in [-0.05, 0) is 12.1 Å². The number of carbonyl (C=O) groups is 2. The van der Waals surface area contributed by atoms with Gasteiger partial charge in [0.15, 0.2) is 6.29 Å². The van der Waals surface area contributed by atoms with Crippen LogP contribution in [0.25, 0.3) is 0 Å². The summed E-state index contributed by atoms with van der Waals surface area (Å²) in [6.07, 6.45) is 0.432. The summed E-state index contributed by atoms with van der Waals surface area (Å²) < 4.78 is 4.47. The molecular weight excluding hydrogens is 218 g/mol. The normalized spacial score (nSPS) is 9.13. The van der Waals surface area contributed by atoms with Crippen LogP contribution in [0.3, 0.4) is 0 Å². The Morgan fingerprint density at radius 1 is 1.60 bits per heavy atom. The molecule has 0 aliphatic carbocycles. The molecule has 0 spiro atoms. The number of esters is 1. The highest BCUT2D eigenvalue weighted by atomic mass is 35.5. The molecular formula is C10H6ClNO3. The minimum atomic E-state index is -0.698. The van der Waals surface area contributed by atoms with Crippen molar-refractivity contribution in [1.29, 1.82) is 5.26 Å². The molecule has 15 heavy (non-hydrogen) atoms. The lowest BCUT2D eigenvalue weighted by Crippen LogP contribution is -2.07. The van der Waals surface area contributed by atoms with Crippen LogP contribution in [0.5, 0.6) is 0 Å². The highest BCUT2D eigenvalue weighted by Gasteiger charge is 2.16. The van der Waals surface area contributed by atoms with Crippen LogP contribution in [-0.4, -0.2) is 19.4 Å². The molecule has 0 atom stereocenters. The molecule has 0 fully saturated rings. The lowest BCUT2D eigenvalue weighted by Gasteiger charge is -2.04. The van der Waals surface area contributed by atoms with E-state index in [-0.39, 0.29) is 21.7 Å². The highest BCUT2D eigenvalue weighted by molar-refractivity contribution is 6.31. The second-order valence-corrected chi connectivity index (χ2v) is 3.07. The molecule has 0 radical (unpaired) electrons. The van der Waals surface area contributed by atoms with Gasteiger partial charge in [0.1, 0.15) is 0 Å². The zero-order valence-electron chi connectivity index (χ0n) is 7.78. The number of ether oxygens (including phenoxy) is 1. The Labute approximate surface area is 91.0 Å². The van der Waals surface area contributed by atoms with E-state index in [1.165, 1.54) is 19.2 Å². The molecule has 0 saturated heterocycles. The van der Waals surface area contributed by atoms with E-state index < -0.39 is 5.97 Å². The van der Waals surface area contributed by atoms with Gasteiger partial charge in [0, 0.05) is 10.6 Å². The fourth-order valence-electron chi connectivity index (χ4n) is 1.12. The van der Waals surface area contributed by atoms with Gasteiger partial charge in [0.25, 0.3) is 0 Å². The van der Waals surface area contributed by atoms with Crippen LogP contribution in [0.15, 0.2) is 12.1 Å². The first kappa shape index (κ1) is 11.2. The van der Waals surface area contributed by atoms with Gasteiger partial charge in [-0.1, -0.05) is 11.6 Å². The Bertz CT molecular complexity index is 462. The predicted octanol–water partition coefficient (Wildman–Crippen LogP) is 1.81. The molecule has 0 saturated carbocycles. The lowest BCUT2D eigenvalue weighted by molar-refractivity contribution is 0.0598.